The van der Waals surface area contributed by atoms with Gasteiger partial charge in [0.25, 0.3) is 0 Å². The van der Waals surface area contributed by atoms with Gasteiger partial charge in [-0.25, -0.2) is 4.79 Å². The number of halogens is 8. The van der Waals surface area contributed by atoms with Crippen molar-refractivity contribution in [3.63, 3.8) is 0 Å². The van der Waals surface area contributed by atoms with Crippen LogP contribution in [0.15, 0.2) is 72.8 Å². The SMILES string of the molecule is CC1(C(F)(F)F)N(c2ccc(Cl)cc2)C(=O)N(c2ccc(Cl)cc2)C1(O)c1cccc(OC(F)(F)F)c1. The molecule has 0 aliphatic carbocycles. The highest BCUT2D eigenvalue weighted by atomic mass is 35.5. The van der Waals surface area contributed by atoms with Gasteiger partial charge in [-0.3, -0.25) is 9.80 Å². The summed E-state index contributed by atoms with van der Waals surface area (Å²) in [5.74, 6) is -0.892. The average Bonchev–Trinajstić information content (AvgIpc) is 2.98. The summed E-state index contributed by atoms with van der Waals surface area (Å²) in [5.41, 5.74) is -7.88. The second-order valence-corrected chi connectivity index (χ2v) is 9.10. The number of anilines is 2. The number of aliphatic hydroxyl groups is 1. The number of hydrogen-bond donors (Lipinski definition) is 1. The maximum atomic E-state index is 15.0. The molecule has 4 rings (SSSR count). The van der Waals surface area contributed by atoms with Gasteiger partial charge < -0.3 is 9.84 Å². The van der Waals surface area contributed by atoms with Crippen LogP contribution in [0, 0.1) is 0 Å². The van der Waals surface area contributed by atoms with Crippen LogP contribution in [0.25, 0.3) is 0 Å². The number of urea groups is 1. The predicted molar refractivity (Wildman–Crippen MR) is 125 cm³/mol. The Kier molecular flexibility index (Phi) is 6.54. The molecule has 5 nitrogen and oxygen atoms in total. The Morgan fingerprint density at radius 2 is 1.30 bits per heavy atom. The van der Waals surface area contributed by atoms with E-state index in [2.05, 4.69) is 4.74 Å². The first-order chi connectivity index (χ1) is 17.1. The minimum atomic E-state index is -5.32. The first-order valence-corrected chi connectivity index (χ1v) is 11.2. The van der Waals surface area contributed by atoms with Crippen LogP contribution >= 0.6 is 23.2 Å². The Labute approximate surface area is 216 Å². The summed E-state index contributed by atoms with van der Waals surface area (Å²) in [4.78, 5) is 14.5. The molecule has 37 heavy (non-hydrogen) atoms. The molecule has 1 aliphatic heterocycles. The van der Waals surface area contributed by atoms with Gasteiger partial charge in [-0.15, -0.1) is 13.2 Å². The van der Waals surface area contributed by atoms with Gasteiger partial charge >= 0.3 is 18.6 Å². The maximum absolute atomic E-state index is 15.0. The van der Waals surface area contributed by atoms with E-state index in [1.54, 1.807) is 0 Å². The second-order valence-electron chi connectivity index (χ2n) is 8.22. The van der Waals surface area contributed by atoms with Crippen molar-refractivity contribution in [2.45, 2.75) is 30.7 Å². The molecule has 3 aromatic rings. The van der Waals surface area contributed by atoms with Crippen LogP contribution in [-0.4, -0.2) is 29.2 Å². The Balaban J connectivity index is 2.04. The zero-order valence-corrected chi connectivity index (χ0v) is 20.1. The summed E-state index contributed by atoms with van der Waals surface area (Å²) in [7, 11) is 0. The van der Waals surface area contributed by atoms with E-state index >= 15 is 13.2 Å². The molecular weight excluding hydrogens is 549 g/mol. The Morgan fingerprint density at radius 1 is 0.811 bits per heavy atom. The van der Waals surface area contributed by atoms with E-state index in [1.165, 1.54) is 36.4 Å². The molecule has 3 aromatic carbocycles. The van der Waals surface area contributed by atoms with E-state index in [9.17, 15) is 23.1 Å². The van der Waals surface area contributed by atoms with Gasteiger partial charge in [-0.05, 0) is 67.6 Å². The number of benzene rings is 3. The molecule has 0 saturated carbocycles. The molecule has 0 spiro atoms. The molecule has 2 amide bonds. The van der Waals surface area contributed by atoms with Crippen molar-refractivity contribution in [1.29, 1.82) is 0 Å². The lowest BCUT2D eigenvalue weighted by atomic mass is 9.81. The van der Waals surface area contributed by atoms with Crippen molar-refractivity contribution < 1.29 is 41.0 Å². The van der Waals surface area contributed by atoms with Gasteiger partial charge in [0.1, 0.15) is 5.75 Å². The maximum Gasteiger partial charge on any atom is 0.573 e. The minimum Gasteiger partial charge on any atom is -0.406 e. The predicted octanol–water partition coefficient (Wildman–Crippen LogP) is 7.50. The van der Waals surface area contributed by atoms with Crippen LogP contribution in [0.2, 0.25) is 10.0 Å². The van der Waals surface area contributed by atoms with Crippen LogP contribution in [0.3, 0.4) is 0 Å². The van der Waals surface area contributed by atoms with Crippen LogP contribution in [0.4, 0.5) is 42.5 Å². The number of alkyl halides is 6. The molecule has 1 saturated heterocycles. The molecule has 196 valence electrons. The van der Waals surface area contributed by atoms with Crippen molar-refractivity contribution in [3.05, 3.63) is 88.4 Å². The highest BCUT2D eigenvalue weighted by Crippen LogP contribution is 2.57. The van der Waals surface area contributed by atoms with Crippen LogP contribution in [-0.2, 0) is 5.72 Å². The summed E-state index contributed by atoms with van der Waals surface area (Å²) in [6.45, 7) is 0.576. The Hall–Kier alpha value is -3.15. The number of ether oxygens (including phenoxy) is 1. The van der Waals surface area contributed by atoms with Crippen molar-refractivity contribution in [3.8, 4) is 5.75 Å². The lowest BCUT2D eigenvalue weighted by Gasteiger charge is -2.45. The zero-order valence-electron chi connectivity index (χ0n) is 18.6. The van der Waals surface area contributed by atoms with Gasteiger partial charge in [-0.2, -0.15) is 13.2 Å². The summed E-state index contributed by atoms with van der Waals surface area (Å²) >= 11 is 11.8. The molecule has 0 bridgehead atoms. The molecule has 0 radical (unpaired) electrons. The highest BCUT2D eigenvalue weighted by molar-refractivity contribution is 6.31. The molecule has 0 aromatic heterocycles. The number of carbonyl (C=O) groups excluding carboxylic acids is 1. The molecule has 1 aliphatic rings. The first kappa shape index (κ1) is 26.9. The van der Waals surface area contributed by atoms with Gasteiger partial charge in [-0.1, -0.05) is 35.3 Å². The van der Waals surface area contributed by atoms with E-state index in [4.69, 9.17) is 23.2 Å². The third kappa shape index (κ3) is 4.45. The van der Waals surface area contributed by atoms with Crippen LogP contribution in [0.1, 0.15) is 12.5 Å². The summed E-state index contributed by atoms with van der Waals surface area (Å²) in [5, 5.41) is 12.4. The lowest BCUT2D eigenvalue weighted by Crippen LogP contribution is -2.66. The highest BCUT2D eigenvalue weighted by Gasteiger charge is 2.77. The Morgan fingerprint density at radius 3 is 1.76 bits per heavy atom. The summed E-state index contributed by atoms with van der Waals surface area (Å²) in [6, 6.07) is 11.8. The van der Waals surface area contributed by atoms with Crippen LogP contribution in [0.5, 0.6) is 5.75 Å². The number of hydrogen-bond acceptors (Lipinski definition) is 3. The zero-order chi connectivity index (χ0) is 27.4. The molecule has 1 heterocycles. The van der Waals surface area contributed by atoms with Gasteiger partial charge in [0.15, 0.2) is 5.54 Å². The molecule has 2 unspecified atom stereocenters. The summed E-state index contributed by atoms with van der Waals surface area (Å²) < 4.78 is 87.5. The Bertz CT molecular complexity index is 1320. The van der Waals surface area contributed by atoms with Gasteiger partial charge in [0.2, 0.25) is 5.72 Å². The fraction of sp³-hybridized carbons (Fsp3) is 0.208. The van der Waals surface area contributed by atoms with E-state index in [-0.39, 0.29) is 21.4 Å². The van der Waals surface area contributed by atoms with Gasteiger partial charge in [0, 0.05) is 27.0 Å². The van der Waals surface area contributed by atoms with Crippen molar-refractivity contribution in [2.24, 2.45) is 0 Å². The molecule has 1 N–H and O–H groups in total. The van der Waals surface area contributed by atoms with Gasteiger partial charge in [0.05, 0.1) is 0 Å². The monoisotopic (exact) mass is 564 g/mol. The number of rotatable bonds is 4. The van der Waals surface area contributed by atoms with E-state index in [0.29, 0.717) is 22.8 Å². The van der Waals surface area contributed by atoms with Crippen molar-refractivity contribution >= 4 is 40.6 Å². The second kappa shape index (κ2) is 9.00. The fourth-order valence-electron chi connectivity index (χ4n) is 4.29. The molecule has 2 atom stereocenters. The van der Waals surface area contributed by atoms with E-state index < -0.39 is 41.1 Å². The molecule has 1 fully saturated rings. The topological polar surface area (TPSA) is 53.0 Å². The number of nitrogens with zero attached hydrogens (tertiary/aromatic N) is 2. The lowest BCUT2D eigenvalue weighted by molar-refractivity contribution is -0.274. The molecular formula is C24H16Cl2F6N2O3. The largest absolute Gasteiger partial charge is 0.573 e. The van der Waals surface area contributed by atoms with Crippen LogP contribution < -0.4 is 14.5 Å². The number of carbonyl (C=O) groups is 1. The molecule has 13 heteroatoms. The van der Waals surface area contributed by atoms with E-state index in [0.717, 1.165) is 30.3 Å². The minimum absolute atomic E-state index is 0.172. The smallest absolute Gasteiger partial charge is 0.406 e. The quantitative estimate of drug-likeness (QED) is 0.334. The standard InChI is InChI=1S/C24H16Cl2F6N2O3/c1-21(23(27,28)29)22(36,14-3-2-4-19(13-14)37-24(30,31)32)34(18-11-7-16(26)8-12-18)20(35)33(21)17-9-5-15(25)6-10-17/h2-13,36H,1H3. The number of amides is 2. The van der Waals surface area contributed by atoms with E-state index in [1.807, 2.05) is 0 Å². The first-order valence-electron chi connectivity index (χ1n) is 10.4. The summed E-state index contributed by atoms with van der Waals surface area (Å²) in [6.07, 6.45) is -10.5. The normalized spacial score (nSPS) is 22.5. The fourth-order valence-corrected chi connectivity index (χ4v) is 4.55. The third-order valence-electron chi connectivity index (χ3n) is 6.02. The third-order valence-corrected chi connectivity index (χ3v) is 6.53. The van der Waals surface area contributed by atoms with Crippen molar-refractivity contribution in [1.82, 2.24) is 0 Å². The average molecular weight is 565 g/mol. The van der Waals surface area contributed by atoms with Crippen molar-refractivity contribution in [2.75, 3.05) is 9.80 Å².